The van der Waals surface area contributed by atoms with E-state index in [-0.39, 0.29) is 6.10 Å². The predicted molar refractivity (Wildman–Crippen MR) is 105 cm³/mol. The number of rotatable bonds is 4. The zero-order valence-electron chi connectivity index (χ0n) is 14.9. The molecule has 1 aromatic carbocycles. The van der Waals surface area contributed by atoms with Gasteiger partial charge < -0.3 is 15.0 Å². The molecular weight excluding hydrogens is 348 g/mol. The van der Waals surface area contributed by atoms with Crippen LogP contribution in [-0.4, -0.2) is 48.9 Å². The number of benzene rings is 1. The maximum Gasteiger partial charge on any atom is 0.223 e. The molecule has 0 amide bonds. The van der Waals surface area contributed by atoms with Gasteiger partial charge in [0.2, 0.25) is 5.95 Å². The van der Waals surface area contributed by atoms with Crippen LogP contribution in [0.25, 0.3) is 16.5 Å². The number of nitrogens with one attached hydrogen (secondary N) is 1. The lowest BCUT2D eigenvalue weighted by atomic mass is 9.93. The van der Waals surface area contributed by atoms with Crippen LogP contribution in [-0.2, 0) is 11.4 Å². The van der Waals surface area contributed by atoms with E-state index in [1.807, 2.05) is 28.8 Å². The van der Waals surface area contributed by atoms with Crippen LogP contribution < -0.4 is 5.32 Å². The minimum absolute atomic E-state index is 0.168. The average Bonchev–Trinajstić information content (AvgIpc) is 3.13. The van der Waals surface area contributed by atoms with E-state index in [1.54, 1.807) is 6.26 Å². The summed E-state index contributed by atoms with van der Waals surface area (Å²) in [5, 5.41) is 14.1. The van der Waals surface area contributed by atoms with Crippen LogP contribution in [0.5, 0.6) is 0 Å². The Hall–Kier alpha value is -1.83. The Labute approximate surface area is 156 Å². The number of hydrogen-bond donors (Lipinski definition) is 2. The third-order valence-electron chi connectivity index (χ3n) is 5.22. The summed E-state index contributed by atoms with van der Waals surface area (Å²) in [6.45, 7) is 0.773. The van der Waals surface area contributed by atoms with Crippen molar-refractivity contribution in [3.05, 3.63) is 36.2 Å². The lowest BCUT2D eigenvalue weighted by molar-refractivity contribution is 0.126. The molecule has 7 heteroatoms. The van der Waals surface area contributed by atoms with E-state index in [2.05, 4.69) is 16.4 Å². The molecule has 1 aliphatic heterocycles. The number of anilines is 1. The number of fused-ring (bicyclic) bond motifs is 1. The molecule has 2 aliphatic rings. The molecule has 1 unspecified atom stereocenters. The molecule has 1 fully saturated rings. The van der Waals surface area contributed by atoms with Crippen LogP contribution in [0, 0.1) is 0 Å². The van der Waals surface area contributed by atoms with Crippen molar-refractivity contribution in [2.45, 2.75) is 44.2 Å². The second-order valence-electron chi connectivity index (χ2n) is 7.06. The van der Waals surface area contributed by atoms with Crippen molar-refractivity contribution in [3.63, 3.8) is 0 Å². The molecule has 26 heavy (non-hydrogen) atoms. The molecule has 1 aliphatic carbocycles. The normalized spacial score (nSPS) is 24.6. The van der Waals surface area contributed by atoms with Gasteiger partial charge in [-0.15, -0.1) is 0 Å². The topological polar surface area (TPSA) is 84.3 Å². The molecule has 0 radical (unpaired) electrons. The molecule has 1 aromatic heterocycles. The van der Waals surface area contributed by atoms with Gasteiger partial charge in [0.05, 0.1) is 35.7 Å². The van der Waals surface area contributed by atoms with E-state index in [9.17, 15) is 9.66 Å². The lowest BCUT2D eigenvalue weighted by Gasteiger charge is -2.26. The first-order valence-electron chi connectivity index (χ1n) is 9.12. The van der Waals surface area contributed by atoms with Gasteiger partial charge >= 0.3 is 0 Å². The minimum atomic E-state index is -0.990. The first kappa shape index (κ1) is 17.6. The number of hydrogen-bond acceptors (Lipinski definition) is 6. The van der Waals surface area contributed by atoms with E-state index >= 15 is 0 Å². The molecule has 138 valence electrons. The third kappa shape index (κ3) is 3.65. The van der Waals surface area contributed by atoms with Crippen LogP contribution in [0.3, 0.4) is 0 Å². The largest absolute Gasteiger partial charge is 0.593 e. The summed E-state index contributed by atoms with van der Waals surface area (Å²) in [7, 11) is 0. The number of aromatic nitrogens is 2. The van der Waals surface area contributed by atoms with E-state index in [1.165, 1.54) is 0 Å². The first-order valence-corrected chi connectivity index (χ1v) is 10.6. The van der Waals surface area contributed by atoms with Crippen molar-refractivity contribution in [3.8, 4) is 0 Å². The molecular formula is C19H24N4O2S. The summed E-state index contributed by atoms with van der Waals surface area (Å²) in [5.41, 5.74) is 3.17. The van der Waals surface area contributed by atoms with Crippen molar-refractivity contribution in [2.24, 2.45) is 0 Å². The van der Waals surface area contributed by atoms with Crippen molar-refractivity contribution < 1.29 is 9.66 Å². The SMILES string of the molecule is C[S+]([O-])N1C=C(c2cccc3cnc(NC4CCC(O)CC4)nc23)CC1. The highest BCUT2D eigenvalue weighted by Gasteiger charge is 2.23. The highest BCUT2D eigenvalue weighted by atomic mass is 32.2. The van der Waals surface area contributed by atoms with Crippen LogP contribution in [0.2, 0.25) is 0 Å². The Morgan fingerprint density at radius 2 is 2.08 bits per heavy atom. The van der Waals surface area contributed by atoms with Gasteiger partial charge in [-0.25, -0.2) is 14.3 Å². The number of aliphatic hydroxyl groups excluding tert-OH is 1. The highest BCUT2D eigenvalue weighted by Crippen LogP contribution is 2.31. The van der Waals surface area contributed by atoms with Gasteiger partial charge in [0.25, 0.3) is 0 Å². The summed E-state index contributed by atoms with van der Waals surface area (Å²) < 4.78 is 13.6. The number of para-hydroxylation sites is 1. The van der Waals surface area contributed by atoms with Crippen LogP contribution in [0.15, 0.2) is 30.6 Å². The van der Waals surface area contributed by atoms with Gasteiger partial charge in [-0.05, 0) is 37.7 Å². The molecule has 1 saturated carbocycles. The van der Waals surface area contributed by atoms with E-state index in [0.29, 0.717) is 12.0 Å². The first-order chi connectivity index (χ1) is 12.6. The molecule has 0 saturated heterocycles. The fourth-order valence-corrected chi connectivity index (χ4v) is 4.35. The molecule has 6 nitrogen and oxygen atoms in total. The van der Waals surface area contributed by atoms with Crippen LogP contribution in [0.1, 0.15) is 37.7 Å². The van der Waals surface area contributed by atoms with Gasteiger partial charge in [0, 0.05) is 23.2 Å². The Morgan fingerprint density at radius 1 is 1.27 bits per heavy atom. The molecule has 2 N–H and O–H groups in total. The highest BCUT2D eigenvalue weighted by molar-refractivity contribution is 7.88. The molecule has 0 bridgehead atoms. The third-order valence-corrected chi connectivity index (χ3v) is 6.17. The standard InChI is InChI=1S/C19H24N4O2S/c1-26(25)23-10-9-14(12-23)17-4-2-3-13-11-20-19(22-18(13)17)21-15-5-7-16(24)8-6-15/h2-4,11-12,15-16,24H,5-10H2,1H3,(H,20,21,22). The summed E-state index contributed by atoms with van der Waals surface area (Å²) in [6.07, 6.45) is 9.78. The quantitative estimate of drug-likeness (QED) is 0.803. The number of aliphatic hydroxyl groups is 1. The molecule has 4 rings (SSSR count). The Morgan fingerprint density at radius 3 is 2.81 bits per heavy atom. The summed E-state index contributed by atoms with van der Waals surface area (Å²) in [5.74, 6) is 0.640. The fraction of sp³-hybridized carbons (Fsp3) is 0.474. The van der Waals surface area contributed by atoms with Gasteiger partial charge in [-0.2, -0.15) is 0 Å². The van der Waals surface area contributed by atoms with Crippen molar-refractivity contribution in [1.29, 1.82) is 0 Å². The zero-order valence-corrected chi connectivity index (χ0v) is 15.7. The second kappa shape index (κ2) is 7.42. The van der Waals surface area contributed by atoms with Gasteiger partial charge in [-0.1, -0.05) is 18.2 Å². The van der Waals surface area contributed by atoms with Gasteiger partial charge in [-0.3, -0.25) is 0 Å². The Balaban J connectivity index is 1.62. The van der Waals surface area contributed by atoms with E-state index in [0.717, 1.165) is 60.7 Å². The Bertz CT molecular complexity index is 818. The van der Waals surface area contributed by atoms with Gasteiger partial charge in [0.1, 0.15) is 6.26 Å². The zero-order chi connectivity index (χ0) is 18.1. The van der Waals surface area contributed by atoms with Gasteiger partial charge in [0.15, 0.2) is 0 Å². The van der Waals surface area contributed by atoms with Crippen molar-refractivity contribution in [2.75, 3.05) is 18.1 Å². The van der Waals surface area contributed by atoms with Crippen LogP contribution >= 0.6 is 0 Å². The molecule has 0 spiro atoms. The second-order valence-corrected chi connectivity index (χ2v) is 8.37. The predicted octanol–water partition coefficient (Wildman–Crippen LogP) is 2.69. The monoisotopic (exact) mass is 372 g/mol. The van der Waals surface area contributed by atoms with Crippen molar-refractivity contribution in [1.82, 2.24) is 14.3 Å². The summed E-state index contributed by atoms with van der Waals surface area (Å²) in [4.78, 5) is 9.25. The average molecular weight is 372 g/mol. The maximum atomic E-state index is 11.7. The van der Waals surface area contributed by atoms with E-state index in [4.69, 9.17) is 4.98 Å². The maximum absolute atomic E-state index is 11.7. The minimum Gasteiger partial charge on any atom is -0.593 e. The van der Waals surface area contributed by atoms with E-state index < -0.39 is 11.4 Å². The molecule has 1 atom stereocenters. The summed E-state index contributed by atoms with van der Waals surface area (Å²) in [6, 6.07) is 6.42. The van der Waals surface area contributed by atoms with Crippen LogP contribution in [0.4, 0.5) is 5.95 Å². The molecule has 2 aromatic rings. The number of nitrogens with zero attached hydrogens (tertiary/aromatic N) is 3. The Kier molecular flexibility index (Phi) is 5.02. The molecule has 2 heterocycles. The lowest BCUT2D eigenvalue weighted by Crippen LogP contribution is -2.28. The fourth-order valence-electron chi connectivity index (χ4n) is 3.73. The van der Waals surface area contributed by atoms with Crippen molar-refractivity contribution >= 4 is 33.8 Å². The summed E-state index contributed by atoms with van der Waals surface area (Å²) >= 11 is -0.990. The smallest absolute Gasteiger partial charge is 0.223 e.